The van der Waals surface area contributed by atoms with Gasteiger partial charge in [-0.2, -0.15) is 0 Å². The van der Waals surface area contributed by atoms with E-state index in [4.69, 9.17) is 4.74 Å². The molecule has 0 saturated heterocycles. The molecule has 0 spiro atoms. The van der Waals surface area contributed by atoms with E-state index in [1.807, 2.05) is 0 Å². The van der Waals surface area contributed by atoms with Gasteiger partial charge in [-0.3, -0.25) is 4.90 Å². The summed E-state index contributed by atoms with van der Waals surface area (Å²) in [6.45, 7) is 8.89. The van der Waals surface area contributed by atoms with Gasteiger partial charge in [0, 0.05) is 32.7 Å². The molecule has 0 amide bonds. The summed E-state index contributed by atoms with van der Waals surface area (Å²) in [5.41, 5.74) is 7.76. The number of ether oxygens (including phenoxy) is 1. The number of rotatable bonds is 10. The minimum Gasteiger partial charge on any atom is -0.489 e. The second-order valence-corrected chi connectivity index (χ2v) is 10.4. The van der Waals surface area contributed by atoms with E-state index in [9.17, 15) is 0 Å². The van der Waals surface area contributed by atoms with Crippen LogP contribution in [0.5, 0.6) is 5.75 Å². The minimum atomic E-state index is 0.0981. The molecule has 1 aliphatic rings. The molecule has 0 bridgehead atoms. The van der Waals surface area contributed by atoms with E-state index >= 15 is 0 Å². The second kappa shape index (κ2) is 12.6. The van der Waals surface area contributed by atoms with Crippen LogP contribution in [0.4, 0.5) is 5.69 Å². The third-order valence-electron chi connectivity index (χ3n) is 7.01. The van der Waals surface area contributed by atoms with Crippen molar-refractivity contribution in [2.75, 3.05) is 18.0 Å². The standard InChI is InChI=1S/C35H38N2O/c1-28(2)38-35-24-33(32-20-22-36(23-21-32)25-29-12-6-3-7-13-29)18-19-34(35)37(26-30-14-8-4-9-15-30)27-31-16-10-5-11-17-31/h3-20,24,28H,21-23,25-27H2,1-2H3. The van der Waals surface area contributed by atoms with Crippen molar-refractivity contribution < 1.29 is 4.74 Å². The summed E-state index contributed by atoms with van der Waals surface area (Å²) in [4.78, 5) is 4.95. The Morgan fingerprint density at radius 3 is 1.84 bits per heavy atom. The zero-order valence-electron chi connectivity index (χ0n) is 22.6. The molecule has 5 rings (SSSR count). The maximum absolute atomic E-state index is 6.45. The van der Waals surface area contributed by atoms with Crippen molar-refractivity contribution in [3.05, 3.63) is 138 Å². The molecule has 0 atom stereocenters. The number of hydrogen-bond donors (Lipinski definition) is 0. The van der Waals surface area contributed by atoms with Crippen LogP contribution in [0.15, 0.2) is 115 Å². The molecule has 0 aromatic heterocycles. The summed E-state index contributed by atoms with van der Waals surface area (Å²) in [5, 5.41) is 0. The zero-order chi connectivity index (χ0) is 26.2. The van der Waals surface area contributed by atoms with Gasteiger partial charge >= 0.3 is 0 Å². The third kappa shape index (κ3) is 6.93. The lowest BCUT2D eigenvalue weighted by Crippen LogP contribution is -2.28. The number of hydrogen-bond acceptors (Lipinski definition) is 3. The third-order valence-corrected chi connectivity index (χ3v) is 7.01. The number of nitrogens with zero attached hydrogens (tertiary/aromatic N) is 2. The van der Waals surface area contributed by atoms with E-state index in [0.29, 0.717) is 0 Å². The molecule has 0 unspecified atom stereocenters. The first-order valence-corrected chi connectivity index (χ1v) is 13.7. The van der Waals surface area contributed by atoms with E-state index < -0.39 is 0 Å². The molecule has 1 aliphatic heterocycles. The number of anilines is 1. The van der Waals surface area contributed by atoms with Crippen LogP contribution in [0, 0.1) is 0 Å². The smallest absolute Gasteiger partial charge is 0.143 e. The van der Waals surface area contributed by atoms with Crippen molar-refractivity contribution >= 4 is 11.3 Å². The highest BCUT2D eigenvalue weighted by Crippen LogP contribution is 2.36. The Labute approximate surface area is 228 Å². The zero-order valence-corrected chi connectivity index (χ0v) is 22.6. The fraction of sp³-hybridized carbons (Fsp3) is 0.257. The Morgan fingerprint density at radius 2 is 1.32 bits per heavy atom. The summed E-state index contributed by atoms with van der Waals surface area (Å²) in [6, 6.07) is 38.9. The van der Waals surface area contributed by atoms with E-state index in [1.54, 1.807) is 0 Å². The summed E-state index contributed by atoms with van der Waals surface area (Å²) in [7, 11) is 0. The average Bonchev–Trinajstić information content (AvgIpc) is 2.95. The Balaban J connectivity index is 1.40. The van der Waals surface area contributed by atoms with Crippen molar-refractivity contribution in [3.8, 4) is 5.75 Å². The number of benzene rings is 4. The lowest BCUT2D eigenvalue weighted by molar-refractivity contribution is 0.242. The van der Waals surface area contributed by atoms with Gasteiger partial charge in [0.15, 0.2) is 0 Å². The molecule has 0 aliphatic carbocycles. The van der Waals surface area contributed by atoms with Crippen LogP contribution < -0.4 is 9.64 Å². The first kappa shape index (κ1) is 25.8. The molecule has 4 aromatic rings. The molecule has 4 aromatic carbocycles. The van der Waals surface area contributed by atoms with Crippen molar-refractivity contribution in [2.24, 2.45) is 0 Å². The molecule has 0 fully saturated rings. The van der Waals surface area contributed by atoms with Crippen LogP contribution in [0.25, 0.3) is 5.57 Å². The highest BCUT2D eigenvalue weighted by molar-refractivity contribution is 5.72. The van der Waals surface area contributed by atoms with Gasteiger partial charge in [-0.1, -0.05) is 103 Å². The van der Waals surface area contributed by atoms with E-state index in [1.165, 1.54) is 27.8 Å². The Morgan fingerprint density at radius 1 is 0.737 bits per heavy atom. The van der Waals surface area contributed by atoms with E-state index in [-0.39, 0.29) is 6.10 Å². The molecule has 0 saturated carbocycles. The van der Waals surface area contributed by atoms with Gasteiger partial charge in [0.1, 0.15) is 5.75 Å². The monoisotopic (exact) mass is 502 g/mol. The van der Waals surface area contributed by atoms with Gasteiger partial charge in [0.2, 0.25) is 0 Å². The van der Waals surface area contributed by atoms with Gasteiger partial charge < -0.3 is 9.64 Å². The molecular weight excluding hydrogens is 464 g/mol. The van der Waals surface area contributed by atoms with Gasteiger partial charge in [-0.25, -0.2) is 0 Å². The molecule has 194 valence electrons. The lowest BCUT2D eigenvalue weighted by Gasteiger charge is -2.30. The first-order valence-electron chi connectivity index (χ1n) is 13.7. The molecular formula is C35H38N2O. The molecule has 1 heterocycles. The lowest BCUT2D eigenvalue weighted by atomic mass is 9.98. The van der Waals surface area contributed by atoms with Gasteiger partial charge in [-0.05, 0) is 60.2 Å². The van der Waals surface area contributed by atoms with Gasteiger partial charge in [0.05, 0.1) is 11.8 Å². The maximum Gasteiger partial charge on any atom is 0.143 e. The van der Waals surface area contributed by atoms with Crippen molar-refractivity contribution in [1.82, 2.24) is 4.90 Å². The maximum atomic E-state index is 6.45. The summed E-state index contributed by atoms with van der Waals surface area (Å²) < 4.78 is 6.45. The summed E-state index contributed by atoms with van der Waals surface area (Å²) in [5.74, 6) is 0.956. The van der Waals surface area contributed by atoms with Crippen molar-refractivity contribution in [3.63, 3.8) is 0 Å². The quantitative estimate of drug-likeness (QED) is 0.219. The predicted octanol–water partition coefficient (Wildman–Crippen LogP) is 7.97. The Hall–Kier alpha value is -3.82. The van der Waals surface area contributed by atoms with Gasteiger partial charge in [0.25, 0.3) is 0 Å². The molecule has 38 heavy (non-hydrogen) atoms. The van der Waals surface area contributed by atoms with Crippen LogP contribution >= 0.6 is 0 Å². The minimum absolute atomic E-state index is 0.0981. The van der Waals surface area contributed by atoms with Crippen LogP contribution in [-0.2, 0) is 19.6 Å². The Bertz CT molecular complexity index is 1270. The second-order valence-electron chi connectivity index (χ2n) is 10.4. The van der Waals surface area contributed by atoms with Crippen LogP contribution in [0.3, 0.4) is 0 Å². The molecule has 0 N–H and O–H groups in total. The van der Waals surface area contributed by atoms with Crippen molar-refractivity contribution in [2.45, 2.75) is 46.0 Å². The van der Waals surface area contributed by atoms with Crippen LogP contribution in [0.1, 0.15) is 42.5 Å². The van der Waals surface area contributed by atoms with Crippen LogP contribution in [-0.4, -0.2) is 24.1 Å². The fourth-order valence-electron chi connectivity index (χ4n) is 5.12. The first-order chi connectivity index (χ1) is 18.6. The molecule has 3 nitrogen and oxygen atoms in total. The normalized spacial score (nSPS) is 13.8. The molecule has 3 heteroatoms. The predicted molar refractivity (Wildman–Crippen MR) is 159 cm³/mol. The highest BCUT2D eigenvalue weighted by Gasteiger charge is 2.19. The largest absolute Gasteiger partial charge is 0.489 e. The summed E-state index contributed by atoms with van der Waals surface area (Å²) in [6.07, 6.45) is 3.54. The fourth-order valence-corrected chi connectivity index (χ4v) is 5.12. The Kier molecular flexibility index (Phi) is 8.57. The average molecular weight is 503 g/mol. The highest BCUT2D eigenvalue weighted by atomic mass is 16.5. The van der Waals surface area contributed by atoms with Gasteiger partial charge in [-0.15, -0.1) is 0 Å². The summed E-state index contributed by atoms with van der Waals surface area (Å²) >= 11 is 0. The van der Waals surface area contributed by atoms with Crippen LogP contribution in [0.2, 0.25) is 0 Å². The topological polar surface area (TPSA) is 15.7 Å². The van der Waals surface area contributed by atoms with E-state index in [2.05, 4.69) is 139 Å². The molecule has 0 radical (unpaired) electrons. The SMILES string of the molecule is CC(C)Oc1cc(C2=CCN(Cc3ccccc3)CC2)ccc1N(Cc1ccccc1)Cc1ccccc1. The van der Waals surface area contributed by atoms with E-state index in [0.717, 1.165) is 50.6 Å². The van der Waals surface area contributed by atoms with Crippen molar-refractivity contribution in [1.29, 1.82) is 0 Å².